The van der Waals surface area contributed by atoms with E-state index in [1.807, 2.05) is 6.92 Å². The van der Waals surface area contributed by atoms with Crippen LogP contribution in [0.3, 0.4) is 0 Å². The normalized spacial score (nSPS) is 11.6. The molecule has 102 valence electrons. The summed E-state index contributed by atoms with van der Waals surface area (Å²) in [4.78, 5) is 11.9. The van der Waals surface area contributed by atoms with Crippen LogP contribution >= 0.6 is 0 Å². The number of H-pyrrole nitrogens is 1. The average molecular weight is 251 g/mol. The van der Waals surface area contributed by atoms with Crippen LogP contribution in [0.1, 0.15) is 62.5 Å². The molecule has 0 saturated carbocycles. The van der Waals surface area contributed by atoms with E-state index in [1.165, 1.54) is 19.3 Å². The molecule has 1 aromatic rings. The summed E-state index contributed by atoms with van der Waals surface area (Å²) in [5, 5.41) is 9.63. The van der Waals surface area contributed by atoms with Gasteiger partial charge in [-0.05, 0) is 18.8 Å². The van der Waals surface area contributed by atoms with Crippen molar-refractivity contribution in [1.82, 2.24) is 15.5 Å². The molecule has 0 unspecified atom stereocenters. The van der Waals surface area contributed by atoms with Gasteiger partial charge in [-0.15, -0.1) is 0 Å². The monoisotopic (exact) mass is 251 g/mol. The maximum absolute atomic E-state index is 11.9. The average Bonchev–Trinajstić information content (AvgIpc) is 2.73. The summed E-state index contributed by atoms with van der Waals surface area (Å²) >= 11 is 0. The molecule has 0 spiro atoms. The predicted octanol–water partition coefficient (Wildman–Crippen LogP) is 3.05. The number of carbonyl (C=O) groups is 1. The molecule has 1 aromatic heterocycles. The number of amides is 1. The van der Waals surface area contributed by atoms with Crippen LogP contribution in [0, 0.1) is 12.3 Å². The number of carbonyl (C=O) groups excluding carboxylic acids is 1. The largest absolute Gasteiger partial charge is 0.351 e. The second kappa shape index (κ2) is 6.57. The lowest BCUT2D eigenvalue weighted by Crippen LogP contribution is -2.34. The van der Waals surface area contributed by atoms with Crippen molar-refractivity contribution in [3.63, 3.8) is 0 Å². The Bertz CT molecular complexity index is 382. The van der Waals surface area contributed by atoms with Gasteiger partial charge in [0.1, 0.15) is 0 Å². The molecule has 0 saturated heterocycles. The molecule has 1 amide bonds. The minimum atomic E-state index is -0.0372. The van der Waals surface area contributed by atoms with E-state index in [2.05, 4.69) is 36.3 Å². The van der Waals surface area contributed by atoms with Crippen LogP contribution < -0.4 is 5.32 Å². The zero-order chi connectivity index (χ0) is 13.6. The molecular formula is C14H25N3O. The molecule has 0 fully saturated rings. The van der Waals surface area contributed by atoms with E-state index < -0.39 is 0 Å². The van der Waals surface area contributed by atoms with Gasteiger partial charge in [0.25, 0.3) is 5.91 Å². The topological polar surface area (TPSA) is 57.8 Å². The van der Waals surface area contributed by atoms with Gasteiger partial charge < -0.3 is 5.32 Å². The zero-order valence-corrected chi connectivity index (χ0v) is 12.0. The Morgan fingerprint density at radius 1 is 1.44 bits per heavy atom. The van der Waals surface area contributed by atoms with E-state index in [9.17, 15) is 4.79 Å². The Kier molecular flexibility index (Phi) is 5.38. The van der Waals surface area contributed by atoms with E-state index in [1.54, 1.807) is 6.20 Å². The van der Waals surface area contributed by atoms with Gasteiger partial charge in [-0.1, -0.05) is 40.0 Å². The number of hydrogen-bond acceptors (Lipinski definition) is 2. The van der Waals surface area contributed by atoms with Crippen molar-refractivity contribution in [2.45, 2.75) is 53.4 Å². The highest BCUT2D eigenvalue weighted by Gasteiger charge is 2.19. The Labute approximate surface area is 110 Å². The quantitative estimate of drug-likeness (QED) is 0.732. The minimum absolute atomic E-state index is 0.0372. The molecule has 0 atom stereocenters. The van der Waals surface area contributed by atoms with Crippen LogP contribution in [0.25, 0.3) is 0 Å². The van der Waals surface area contributed by atoms with Crippen LogP contribution in [0.4, 0.5) is 0 Å². The lowest BCUT2D eigenvalue weighted by Gasteiger charge is -2.24. The molecule has 4 heteroatoms. The molecule has 1 rings (SSSR count). The summed E-state index contributed by atoms with van der Waals surface area (Å²) < 4.78 is 0. The van der Waals surface area contributed by atoms with Crippen molar-refractivity contribution in [2.75, 3.05) is 6.54 Å². The highest BCUT2D eigenvalue weighted by Crippen LogP contribution is 2.22. The third-order valence-electron chi connectivity index (χ3n) is 3.26. The fraction of sp³-hybridized carbons (Fsp3) is 0.714. The number of aromatic nitrogens is 2. The van der Waals surface area contributed by atoms with Gasteiger partial charge in [-0.25, -0.2) is 0 Å². The molecule has 1 heterocycles. The predicted molar refractivity (Wildman–Crippen MR) is 73.6 cm³/mol. The van der Waals surface area contributed by atoms with E-state index in [0.717, 1.165) is 12.1 Å². The first-order chi connectivity index (χ1) is 8.46. The van der Waals surface area contributed by atoms with Crippen LogP contribution in [-0.4, -0.2) is 22.6 Å². The summed E-state index contributed by atoms with van der Waals surface area (Å²) in [5.41, 5.74) is 1.61. The fourth-order valence-corrected chi connectivity index (χ4v) is 1.94. The van der Waals surface area contributed by atoms with E-state index in [-0.39, 0.29) is 11.3 Å². The number of nitrogens with zero attached hydrogens (tertiary/aromatic N) is 1. The number of unbranched alkanes of at least 4 members (excludes halogenated alkanes) is 2. The van der Waals surface area contributed by atoms with Crippen LogP contribution in [0.2, 0.25) is 0 Å². The summed E-state index contributed by atoms with van der Waals surface area (Å²) in [6, 6.07) is 0. The highest BCUT2D eigenvalue weighted by molar-refractivity contribution is 5.94. The number of hydrogen-bond donors (Lipinski definition) is 2. The number of rotatable bonds is 7. The SMILES string of the molecule is CCCCCC(C)(C)CNC(=O)c1cn[nH]c1C. The van der Waals surface area contributed by atoms with Crippen molar-refractivity contribution < 1.29 is 4.79 Å². The van der Waals surface area contributed by atoms with Gasteiger partial charge in [0, 0.05) is 12.2 Å². The third kappa shape index (κ3) is 4.51. The van der Waals surface area contributed by atoms with Gasteiger partial charge in [0.2, 0.25) is 0 Å². The minimum Gasteiger partial charge on any atom is -0.351 e. The van der Waals surface area contributed by atoms with Crippen LogP contribution in [0.5, 0.6) is 0 Å². The first-order valence-electron chi connectivity index (χ1n) is 6.74. The van der Waals surface area contributed by atoms with Gasteiger partial charge in [-0.3, -0.25) is 9.89 Å². The Morgan fingerprint density at radius 2 is 2.17 bits per heavy atom. The lowest BCUT2D eigenvalue weighted by molar-refractivity contribution is 0.0933. The maximum atomic E-state index is 11.9. The molecule has 0 aromatic carbocycles. The first-order valence-corrected chi connectivity index (χ1v) is 6.74. The van der Waals surface area contributed by atoms with Crippen molar-refractivity contribution in [3.8, 4) is 0 Å². The standard InChI is InChI=1S/C14H25N3O/c1-5-6-7-8-14(3,4)10-15-13(18)12-9-16-17-11(12)2/h9H,5-8,10H2,1-4H3,(H,15,18)(H,16,17). The molecule has 0 radical (unpaired) electrons. The fourth-order valence-electron chi connectivity index (χ4n) is 1.94. The summed E-state index contributed by atoms with van der Waals surface area (Å²) in [6.45, 7) is 9.17. The summed E-state index contributed by atoms with van der Waals surface area (Å²) in [5.74, 6) is -0.0372. The third-order valence-corrected chi connectivity index (χ3v) is 3.26. The van der Waals surface area contributed by atoms with Gasteiger partial charge in [0.05, 0.1) is 11.8 Å². The second-order valence-corrected chi connectivity index (χ2v) is 5.71. The molecule has 2 N–H and O–H groups in total. The molecule has 4 nitrogen and oxygen atoms in total. The first kappa shape index (κ1) is 14.7. The summed E-state index contributed by atoms with van der Waals surface area (Å²) in [7, 11) is 0. The molecule has 0 aliphatic rings. The van der Waals surface area contributed by atoms with Crippen molar-refractivity contribution in [3.05, 3.63) is 17.5 Å². The Morgan fingerprint density at radius 3 is 2.72 bits per heavy atom. The second-order valence-electron chi connectivity index (χ2n) is 5.71. The number of aryl methyl sites for hydroxylation is 1. The Balaban J connectivity index is 2.40. The molecule has 0 bridgehead atoms. The molecule has 0 aliphatic carbocycles. The highest BCUT2D eigenvalue weighted by atomic mass is 16.1. The van der Waals surface area contributed by atoms with E-state index >= 15 is 0 Å². The number of aromatic amines is 1. The maximum Gasteiger partial charge on any atom is 0.254 e. The summed E-state index contributed by atoms with van der Waals surface area (Å²) in [6.07, 6.45) is 6.44. The van der Waals surface area contributed by atoms with Crippen molar-refractivity contribution in [1.29, 1.82) is 0 Å². The number of nitrogens with one attached hydrogen (secondary N) is 2. The van der Waals surface area contributed by atoms with Gasteiger partial charge in [0.15, 0.2) is 0 Å². The van der Waals surface area contributed by atoms with Crippen LogP contribution in [-0.2, 0) is 0 Å². The molecule has 18 heavy (non-hydrogen) atoms. The van der Waals surface area contributed by atoms with E-state index in [4.69, 9.17) is 0 Å². The van der Waals surface area contributed by atoms with Crippen LogP contribution in [0.15, 0.2) is 6.20 Å². The smallest absolute Gasteiger partial charge is 0.254 e. The van der Waals surface area contributed by atoms with Gasteiger partial charge >= 0.3 is 0 Å². The van der Waals surface area contributed by atoms with Gasteiger partial charge in [-0.2, -0.15) is 5.10 Å². The van der Waals surface area contributed by atoms with E-state index in [0.29, 0.717) is 12.1 Å². The van der Waals surface area contributed by atoms with Crippen molar-refractivity contribution in [2.24, 2.45) is 5.41 Å². The zero-order valence-electron chi connectivity index (χ0n) is 12.0. The Hall–Kier alpha value is -1.32. The van der Waals surface area contributed by atoms with Crippen molar-refractivity contribution >= 4 is 5.91 Å². The molecule has 0 aliphatic heterocycles. The lowest BCUT2D eigenvalue weighted by atomic mass is 9.87. The molecular weight excluding hydrogens is 226 g/mol.